The number of pyridine rings is 2. The minimum atomic E-state index is 0.866. The Labute approximate surface area is 124 Å². The fourth-order valence-electron chi connectivity index (χ4n) is 2.26. The average Bonchev–Trinajstić information content (AvgIpc) is 3.01. The summed E-state index contributed by atoms with van der Waals surface area (Å²) in [6.45, 7) is 2.77. The van der Waals surface area contributed by atoms with Crippen molar-refractivity contribution in [3.05, 3.63) is 60.7 Å². The molecule has 5 heteroatoms. The third-order valence-electron chi connectivity index (χ3n) is 3.32. The normalized spacial score (nSPS) is 10.9. The van der Waals surface area contributed by atoms with Gasteiger partial charge < -0.3 is 10.6 Å². The number of aromatic nitrogens is 3. The molecule has 0 fully saturated rings. The quantitative estimate of drug-likeness (QED) is 0.653. The monoisotopic (exact) mass is 281 g/mol. The molecule has 2 N–H and O–H groups in total. The van der Waals surface area contributed by atoms with Crippen molar-refractivity contribution < 1.29 is 0 Å². The molecule has 0 aliphatic carbocycles. The molecule has 0 radical (unpaired) electrons. The summed E-state index contributed by atoms with van der Waals surface area (Å²) in [6.07, 6.45) is 8.54. The first-order chi connectivity index (χ1) is 10.4. The van der Waals surface area contributed by atoms with Crippen molar-refractivity contribution in [3.8, 4) is 0 Å². The van der Waals surface area contributed by atoms with Gasteiger partial charge >= 0.3 is 0 Å². The number of nitrogens with one attached hydrogen (secondary N) is 2. The first kappa shape index (κ1) is 13.6. The van der Waals surface area contributed by atoms with Crippen molar-refractivity contribution in [2.24, 2.45) is 0 Å². The Hall–Kier alpha value is -2.40. The third kappa shape index (κ3) is 3.58. The van der Waals surface area contributed by atoms with Crippen LogP contribution < -0.4 is 10.6 Å². The highest BCUT2D eigenvalue weighted by molar-refractivity contribution is 5.49. The van der Waals surface area contributed by atoms with Crippen LogP contribution in [0.15, 0.2) is 55.1 Å². The van der Waals surface area contributed by atoms with Gasteiger partial charge in [-0.1, -0.05) is 12.1 Å². The lowest BCUT2D eigenvalue weighted by molar-refractivity contribution is 0.661. The second-order valence-electron chi connectivity index (χ2n) is 4.88. The van der Waals surface area contributed by atoms with E-state index in [0.717, 1.165) is 37.5 Å². The Kier molecular flexibility index (Phi) is 4.43. The second kappa shape index (κ2) is 6.85. The first-order valence-electron chi connectivity index (χ1n) is 7.19. The molecular formula is C16H19N5. The molecule has 0 amide bonds. The van der Waals surface area contributed by atoms with Gasteiger partial charge in [0.25, 0.3) is 0 Å². The summed E-state index contributed by atoms with van der Waals surface area (Å²) in [5, 5.41) is 6.86. The molecule has 0 aliphatic heterocycles. The molecule has 0 bridgehead atoms. The fourth-order valence-corrected chi connectivity index (χ4v) is 2.26. The van der Waals surface area contributed by atoms with Gasteiger partial charge in [-0.3, -0.25) is 9.38 Å². The van der Waals surface area contributed by atoms with E-state index in [1.165, 1.54) is 5.56 Å². The highest BCUT2D eigenvalue weighted by atomic mass is 15.1. The zero-order chi connectivity index (χ0) is 14.3. The number of anilines is 1. The smallest absolute Gasteiger partial charge is 0.138 e. The lowest BCUT2D eigenvalue weighted by Gasteiger charge is -2.09. The molecule has 0 spiro atoms. The van der Waals surface area contributed by atoms with Crippen LogP contribution in [0.5, 0.6) is 0 Å². The predicted molar refractivity (Wildman–Crippen MR) is 84.2 cm³/mol. The standard InChI is InChI=1S/C16H19N5/c1-5-15(21-11-10-20-16(21)6-1)19-9-3-8-18-13-14-4-2-7-17-12-14/h1-2,4-7,10-12,18-19H,3,8-9,13H2. The number of hydrogen-bond donors (Lipinski definition) is 2. The van der Waals surface area contributed by atoms with Crippen LogP contribution in [0.1, 0.15) is 12.0 Å². The molecule has 3 heterocycles. The van der Waals surface area contributed by atoms with Crippen molar-refractivity contribution >= 4 is 11.5 Å². The molecular weight excluding hydrogens is 262 g/mol. The molecule has 3 rings (SSSR count). The Morgan fingerprint density at radius 2 is 2.05 bits per heavy atom. The zero-order valence-corrected chi connectivity index (χ0v) is 11.9. The van der Waals surface area contributed by atoms with E-state index in [-0.39, 0.29) is 0 Å². The third-order valence-corrected chi connectivity index (χ3v) is 3.32. The SMILES string of the molecule is c1cncc(CNCCCNc2cccc3nccn23)c1. The molecule has 0 unspecified atom stereocenters. The van der Waals surface area contributed by atoms with Gasteiger partial charge in [0, 0.05) is 37.9 Å². The van der Waals surface area contributed by atoms with E-state index in [1.54, 1.807) is 6.20 Å². The number of nitrogens with zero attached hydrogens (tertiary/aromatic N) is 3. The number of imidazole rings is 1. The van der Waals surface area contributed by atoms with Crippen LogP contribution in [0.2, 0.25) is 0 Å². The summed E-state index contributed by atoms with van der Waals surface area (Å²) in [4.78, 5) is 8.38. The lowest BCUT2D eigenvalue weighted by Crippen LogP contribution is -2.18. The molecule has 0 saturated carbocycles. The summed E-state index contributed by atoms with van der Waals surface area (Å²) in [5.74, 6) is 1.08. The lowest BCUT2D eigenvalue weighted by atomic mass is 10.3. The molecule has 21 heavy (non-hydrogen) atoms. The Morgan fingerprint density at radius 1 is 1.05 bits per heavy atom. The van der Waals surface area contributed by atoms with Gasteiger partial charge in [-0.2, -0.15) is 0 Å². The fraction of sp³-hybridized carbons (Fsp3) is 0.250. The Balaban J connectivity index is 1.40. The van der Waals surface area contributed by atoms with Gasteiger partial charge in [0.15, 0.2) is 0 Å². The highest BCUT2D eigenvalue weighted by Gasteiger charge is 1.99. The summed E-state index contributed by atoms with van der Waals surface area (Å²) in [6, 6.07) is 10.1. The molecule has 0 saturated heterocycles. The van der Waals surface area contributed by atoms with E-state index in [1.807, 2.05) is 36.8 Å². The largest absolute Gasteiger partial charge is 0.371 e. The van der Waals surface area contributed by atoms with Gasteiger partial charge in [-0.05, 0) is 36.7 Å². The molecule has 108 valence electrons. The maximum absolute atomic E-state index is 4.28. The summed E-state index contributed by atoms with van der Waals surface area (Å²) in [7, 11) is 0. The molecule has 0 aliphatic rings. The van der Waals surface area contributed by atoms with Crippen molar-refractivity contribution in [2.45, 2.75) is 13.0 Å². The van der Waals surface area contributed by atoms with Crippen LogP contribution in [-0.2, 0) is 6.54 Å². The summed E-state index contributed by atoms with van der Waals surface area (Å²) in [5.41, 5.74) is 2.18. The zero-order valence-electron chi connectivity index (χ0n) is 11.9. The van der Waals surface area contributed by atoms with E-state index >= 15 is 0 Å². The van der Waals surface area contributed by atoms with Gasteiger partial charge in [0.2, 0.25) is 0 Å². The molecule has 3 aromatic rings. The minimum Gasteiger partial charge on any atom is -0.371 e. The first-order valence-corrected chi connectivity index (χ1v) is 7.19. The van der Waals surface area contributed by atoms with Crippen molar-refractivity contribution in [2.75, 3.05) is 18.4 Å². The van der Waals surface area contributed by atoms with Crippen LogP contribution in [0.3, 0.4) is 0 Å². The molecule has 0 atom stereocenters. The second-order valence-corrected chi connectivity index (χ2v) is 4.88. The Bertz CT molecular complexity index is 677. The highest BCUT2D eigenvalue weighted by Crippen LogP contribution is 2.10. The van der Waals surface area contributed by atoms with Gasteiger partial charge in [0.1, 0.15) is 11.5 Å². The van der Waals surface area contributed by atoms with E-state index in [4.69, 9.17) is 0 Å². The molecule has 0 aromatic carbocycles. The van der Waals surface area contributed by atoms with Crippen LogP contribution in [0.25, 0.3) is 5.65 Å². The van der Waals surface area contributed by atoms with Crippen molar-refractivity contribution in [3.63, 3.8) is 0 Å². The predicted octanol–water partition coefficient (Wildman–Crippen LogP) is 2.32. The topological polar surface area (TPSA) is 54.2 Å². The van der Waals surface area contributed by atoms with Gasteiger partial charge in [-0.25, -0.2) is 4.98 Å². The number of hydrogen-bond acceptors (Lipinski definition) is 4. The minimum absolute atomic E-state index is 0.866. The number of fused-ring (bicyclic) bond motifs is 1. The molecule has 3 aromatic heterocycles. The van der Waals surface area contributed by atoms with E-state index in [9.17, 15) is 0 Å². The maximum Gasteiger partial charge on any atom is 0.138 e. The summed E-state index contributed by atoms with van der Waals surface area (Å²) >= 11 is 0. The van der Waals surface area contributed by atoms with Crippen molar-refractivity contribution in [1.29, 1.82) is 0 Å². The number of rotatable bonds is 7. The van der Waals surface area contributed by atoms with Gasteiger partial charge in [0.05, 0.1) is 0 Å². The van der Waals surface area contributed by atoms with Crippen LogP contribution in [0, 0.1) is 0 Å². The average molecular weight is 281 g/mol. The van der Waals surface area contributed by atoms with E-state index in [0.29, 0.717) is 0 Å². The van der Waals surface area contributed by atoms with Crippen LogP contribution in [0.4, 0.5) is 5.82 Å². The van der Waals surface area contributed by atoms with Crippen LogP contribution in [-0.4, -0.2) is 27.5 Å². The molecule has 5 nitrogen and oxygen atoms in total. The van der Waals surface area contributed by atoms with E-state index < -0.39 is 0 Å². The van der Waals surface area contributed by atoms with Gasteiger partial charge in [-0.15, -0.1) is 0 Å². The maximum atomic E-state index is 4.28. The van der Waals surface area contributed by atoms with Crippen molar-refractivity contribution in [1.82, 2.24) is 19.7 Å². The summed E-state index contributed by atoms with van der Waals surface area (Å²) < 4.78 is 2.06. The van der Waals surface area contributed by atoms with E-state index in [2.05, 4.69) is 37.1 Å². The van der Waals surface area contributed by atoms with Crippen LogP contribution >= 0.6 is 0 Å². The Morgan fingerprint density at radius 3 is 2.95 bits per heavy atom.